The zero-order valence-corrected chi connectivity index (χ0v) is 11.8. The number of hydrogen-bond acceptors (Lipinski definition) is 5. The van der Waals surface area contributed by atoms with Gasteiger partial charge < -0.3 is 5.73 Å². The molecule has 0 saturated heterocycles. The molecule has 1 heterocycles. The van der Waals surface area contributed by atoms with Gasteiger partial charge in [-0.2, -0.15) is 4.72 Å². The summed E-state index contributed by atoms with van der Waals surface area (Å²) >= 11 is 0. The highest BCUT2D eigenvalue weighted by atomic mass is 32.2. The van der Waals surface area contributed by atoms with E-state index in [0.717, 1.165) is 5.52 Å². The normalized spacial score (nSPS) is 11.8. The Balaban J connectivity index is 1.82. The topological polar surface area (TPSA) is 103 Å². The first-order valence-electron chi connectivity index (χ1n) is 6.20. The molecule has 0 aliphatic carbocycles. The molecule has 0 atom stereocenters. The second-order valence-corrected chi connectivity index (χ2v) is 6.22. The summed E-state index contributed by atoms with van der Waals surface area (Å²) in [5.41, 5.74) is 7.53. The third-order valence-corrected chi connectivity index (χ3v) is 4.42. The van der Waals surface area contributed by atoms with Crippen molar-refractivity contribution in [1.82, 2.24) is 19.7 Å². The Morgan fingerprint density at radius 2 is 1.81 bits per heavy atom. The Kier molecular flexibility index (Phi) is 3.32. The van der Waals surface area contributed by atoms with Gasteiger partial charge in [-0.3, -0.25) is 0 Å². The zero-order valence-electron chi connectivity index (χ0n) is 11.0. The molecule has 0 bridgehead atoms. The monoisotopic (exact) mass is 303 g/mol. The molecule has 0 amide bonds. The van der Waals surface area contributed by atoms with E-state index in [2.05, 4.69) is 15.0 Å². The first kappa shape index (κ1) is 13.5. The van der Waals surface area contributed by atoms with Gasteiger partial charge in [-0.05, 0) is 36.4 Å². The predicted octanol–water partition coefficient (Wildman–Crippen LogP) is 0.949. The second kappa shape index (κ2) is 5.15. The number of rotatable bonds is 4. The van der Waals surface area contributed by atoms with Crippen molar-refractivity contribution >= 4 is 26.7 Å². The summed E-state index contributed by atoms with van der Waals surface area (Å²) in [6.45, 7) is 0.00717. The maximum atomic E-state index is 12.2. The van der Waals surface area contributed by atoms with Crippen molar-refractivity contribution in [2.24, 2.45) is 0 Å². The van der Waals surface area contributed by atoms with Gasteiger partial charge in [0.25, 0.3) is 0 Å². The minimum absolute atomic E-state index is 0.00717. The van der Waals surface area contributed by atoms with E-state index in [0.29, 0.717) is 11.2 Å². The molecule has 3 aromatic rings. The average Bonchev–Trinajstić information content (AvgIpc) is 2.89. The molecule has 0 spiro atoms. The molecular formula is C13H13N5O2S. The number of para-hydroxylation sites is 1. The number of nitrogens with zero attached hydrogens (tertiary/aromatic N) is 3. The number of aromatic nitrogens is 3. The van der Waals surface area contributed by atoms with Crippen molar-refractivity contribution < 1.29 is 8.42 Å². The van der Waals surface area contributed by atoms with Gasteiger partial charge in [0.15, 0.2) is 0 Å². The lowest BCUT2D eigenvalue weighted by atomic mass is 10.3. The number of nitrogens with one attached hydrogen (secondary N) is 1. The van der Waals surface area contributed by atoms with Crippen molar-refractivity contribution in [1.29, 1.82) is 0 Å². The standard InChI is InChI=1S/C13H13N5O2S/c14-10-5-7-11(8-6-10)21(19,20)15-9-18-13-4-2-1-3-12(13)16-17-18/h1-8,15H,9,14H2. The molecule has 1 aromatic heterocycles. The van der Waals surface area contributed by atoms with Crippen LogP contribution < -0.4 is 10.5 Å². The minimum Gasteiger partial charge on any atom is -0.399 e. The maximum Gasteiger partial charge on any atom is 0.242 e. The molecular weight excluding hydrogens is 290 g/mol. The fourth-order valence-electron chi connectivity index (χ4n) is 1.91. The van der Waals surface area contributed by atoms with Gasteiger partial charge in [-0.1, -0.05) is 17.3 Å². The van der Waals surface area contributed by atoms with Crippen LogP contribution in [0.25, 0.3) is 11.0 Å². The van der Waals surface area contributed by atoms with Crippen molar-refractivity contribution in [3.05, 3.63) is 48.5 Å². The lowest BCUT2D eigenvalue weighted by Crippen LogP contribution is -2.27. The number of nitrogen functional groups attached to an aromatic ring is 1. The van der Waals surface area contributed by atoms with Crippen LogP contribution in [0.4, 0.5) is 5.69 Å². The lowest BCUT2D eigenvalue weighted by molar-refractivity contribution is 0.542. The Hall–Kier alpha value is -2.45. The molecule has 108 valence electrons. The van der Waals surface area contributed by atoms with Gasteiger partial charge >= 0.3 is 0 Å². The summed E-state index contributed by atoms with van der Waals surface area (Å²) in [4.78, 5) is 0.154. The van der Waals surface area contributed by atoms with E-state index in [4.69, 9.17) is 5.73 Å². The van der Waals surface area contributed by atoms with Crippen LogP contribution >= 0.6 is 0 Å². The Bertz CT molecular complexity index is 871. The molecule has 0 saturated carbocycles. The van der Waals surface area contributed by atoms with Gasteiger partial charge in [0, 0.05) is 5.69 Å². The number of benzene rings is 2. The SMILES string of the molecule is Nc1ccc(S(=O)(=O)NCn2nnc3ccccc32)cc1. The maximum absolute atomic E-state index is 12.2. The summed E-state index contributed by atoms with van der Waals surface area (Å²) in [5, 5.41) is 7.89. The van der Waals surface area contributed by atoms with E-state index in [9.17, 15) is 8.42 Å². The van der Waals surface area contributed by atoms with Gasteiger partial charge in [0.2, 0.25) is 10.0 Å². The van der Waals surface area contributed by atoms with Crippen LogP contribution in [0.1, 0.15) is 0 Å². The third kappa shape index (κ3) is 2.71. The van der Waals surface area contributed by atoms with Crippen molar-refractivity contribution in [2.45, 2.75) is 11.6 Å². The highest BCUT2D eigenvalue weighted by molar-refractivity contribution is 7.89. The first-order valence-corrected chi connectivity index (χ1v) is 7.68. The van der Waals surface area contributed by atoms with E-state index in [1.165, 1.54) is 16.8 Å². The van der Waals surface area contributed by atoms with Crippen LogP contribution in [0.15, 0.2) is 53.4 Å². The van der Waals surface area contributed by atoms with Crippen LogP contribution in [0, 0.1) is 0 Å². The third-order valence-electron chi connectivity index (χ3n) is 3.01. The van der Waals surface area contributed by atoms with Crippen molar-refractivity contribution in [2.75, 3.05) is 5.73 Å². The summed E-state index contributed by atoms with van der Waals surface area (Å²) < 4.78 is 28.3. The fourth-order valence-corrected chi connectivity index (χ4v) is 2.86. The second-order valence-electron chi connectivity index (χ2n) is 4.45. The Morgan fingerprint density at radius 3 is 2.57 bits per heavy atom. The van der Waals surface area contributed by atoms with Crippen LogP contribution in [-0.4, -0.2) is 23.4 Å². The molecule has 3 rings (SSSR count). The van der Waals surface area contributed by atoms with Gasteiger partial charge in [0.05, 0.1) is 10.4 Å². The molecule has 0 aliphatic heterocycles. The minimum atomic E-state index is -3.62. The van der Waals surface area contributed by atoms with E-state index in [-0.39, 0.29) is 11.6 Å². The molecule has 2 aromatic carbocycles. The Morgan fingerprint density at radius 1 is 1.10 bits per heavy atom. The van der Waals surface area contributed by atoms with Crippen LogP contribution in [0.5, 0.6) is 0 Å². The molecule has 21 heavy (non-hydrogen) atoms. The van der Waals surface area contributed by atoms with Crippen molar-refractivity contribution in [3.8, 4) is 0 Å². The van der Waals surface area contributed by atoms with Gasteiger partial charge in [-0.15, -0.1) is 5.10 Å². The van der Waals surface area contributed by atoms with Gasteiger partial charge in [0.1, 0.15) is 12.2 Å². The van der Waals surface area contributed by atoms with Crippen LogP contribution in [-0.2, 0) is 16.7 Å². The quantitative estimate of drug-likeness (QED) is 0.698. The number of sulfonamides is 1. The molecule has 0 radical (unpaired) electrons. The highest BCUT2D eigenvalue weighted by Crippen LogP contribution is 2.12. The fraction of sp³-hybridized carbons (Fsp3) is 0.0769. The van der Waals surface area contributed by atoms with E-state index in [1.54, 1.807) is 12.1 Å². The molecule has 0 unspecified atom stereocenters. The highest BCUT2D eigenvalue weighted by Gasteiger charge is 2.14. The summed E-state index contributed by atoms with van der Waals surface area (Å²) in [6.07, 6.45) is 0. The van der Waals surface area contributed by atoms with E-state index < -0.39 is 10.0 Å². The Labute approximate surface area is 121 Å². The van der Waals surface area contributed by atoms with Gasteiger partial charge in [-0.25, -0.2) is 13.1 Å². The summed E-state index contributed by atoms with van der Waals surface area (Å²) in [6, 6.07) is 13.3. The van der Waals surface area contributed by atoms with Crippen LogP contribution in [0.2, 0.25) is 0 Å². The number of fused-ring (bicyclic) bond motifs is 1. The molecule has 8 heteroatoms. The largest absolute Gasteiger partial charge is 0.399 e. The van der Waals surface area contributed by atoms with Crippen LogP contribution in [0.3, 0.4) is 0 Å². The summed E-state index contributed by atoms with van der Waals surface area (Å²) in [7, 11) is -3.62. The zero-order chi connectivity index (χ0) is 14.9. The predicted molar refractivity (Wildman–Crippen MR) is 78.7 cm³/mol. The lowest BCUT2D eigenvalue weighted by Gasteiger charge is -2.07. The summed E-state index contributed by atoms with van der Waals surface area (Å²) in [5.74, 6) is 0. The molecule has 0 aliphatic rings. The number of hydrogen-bond donors (Lipinski definition) is 2. The molecule has 3 N–H and O–H groups in total. The molecule has 7 nitrogen and oxygen atoms in total. The van der Waals surface area contributed by atoms with E-state index >= 15 is 0 Å². The molecule has 0 fully saturated rings. The van der Waals surface area contributed by atoms with E-state index in [1.807, 2.05) is 24.3 Å². The first-order chi connectivity index (χ1) is 10.1. The van der Waals surface area contributed by atoms with Crippen molar-refractivity contribution in [3.63, 3.8) is 0 Å². The smallest absolute Gasteiger partial charge is 0.242 e. The number of anilines is 1. The number of nitrogens with two attached hydrogens (primary N) is 1. The average molecular weight is 303 g/mol.